The molecule has 0 aromatic heterocycles. The lowest BCUT2D eigenvalue weighted by Gasteiger charge is -2.10. The summed E-state index contributed by atoms with van der Waals surface area (Å²) in [6, 6.07) is 12.9. The second kappa shape index (κ2) is 7.83. The van der Waals surface area contributed by atoms with Gasteiger partial charge < -0.3 is 10.2 Å². The van der Waals surface area contributed by atoms with Crippen LogP contribution in [0.2, 0.25) is 0 Å². The molecule has 0 radical (unpaired) electrons. The van der Waals surface area contributed by atoms with E-state index in [0.29, 0.717) is 23.3 Å². The van der Waals surface area contributed by atoms with Gasteiger partial charge in [0.2, 0.25) is 0 Å². The third-order valence-corrected chi connectivity index (χ3v) is 4.38. The molecule has 0 aliphatic carbocycles. The maximum absolute atomic E-state index is 12.2. The van der Waals surface area contributed by atoms with Crippen molar-refractivity contribution in [3.05, 3.63) is 59.7 Å². The highest BCUT2D eigenvalue weighted by Crippen LogP contribution is 2.24. The van der Waals surface area contributed by atoms with Gasteiger partial charge in [0, 0.05) is 11.6 Å². The summed E-state index contributed by atoms with van der Waals surface area (Å²) < 4.78 is 24.3. The highest BCUT2D eigenvalue weighted by atomic mass is 32.2. The lowest BCUT2D eigenvalue weighted by Crippen LogP contribution is -2.22. The molecule has 0 fully saturated rings. The summed E-state index contributed by atoms with van der Waals surface area (Å²) in [6.45, 7) is 1.92. The van der Waals surface area contributed by atoms with Gasteiger partial charge in [-0.15, -0.1) is 0 Å². The van der Waals surface area contributed by atoms with Gasteiger partial charge in [-0.1, -0.05) is 43.7 Å². The van der Waals surface area contributed by atoms with Gasteiger partial charge in [0.1, 0.15) is 11.5 Å². The number of rotatable bonds is 7. The van der Waals surface area contributed by atoms with Crippen molar-refractivity contribution in [1.29, 1.82) is 0 Å². The van der Waals surface area contributed by atoms with Crippen molar-refractivity contribution >= 4 is 15.7 Å². The number of benzene rings is 2. The van der Waals surface area contributed by atoms with E-state index in [9.17, 15) is 18.6 Å². The van der Waals surface area contributed by atoms with Crippen LogP contribution >= 0.6 is 0 Å². The van der Waals surface area contributed by atoms with Gasteiger partial charge in [0.25, 0.3) is 10.0 Å². The molecule has 0 heterocycles. The fourth-order valence-corrected chi connectivity index (χ4v) is 3.15. The lowest BCUT2D eigenvalue weighted by molar-refractivity contribution is 0.449. The van der Waals surface area contributed by atoms with E-state index in [1.54, 1.807) is 24.3 Å². The summed E-state index contributed by atoms with van der Waals surface area (Å²) >= 11 is 0. The summed E-state index contributed by atoms with van der Waals surface area (Å²) in [5, 5.41) is 23.3. The minimum absolute atomic E-state index is 0.0724. The molecular weight excluding hydrogens is 328 g/mol. The van der Waals surface area contributed by atoms with Crippen LogP contribution in [-0.4, -0.2) is 24.3 Å². The van der Waals surface area contributed by atoms with E-state index in [-0.39, 0.29) is 17.3 Å². The Bertz CT molecular complexity index is 818. The first-order chi connectivity index (χ1) is 11.4. The predicted octanol–water partition coefficient (Wildman–Crippen LogP) is 2.72. The van der Waals surface area contributed by atoms with Gasteiger partial charge in [-0.25, -0.2) is 13.2 Å². The Labute approximate surface area is 141 Å². The Morgan fingerprint density at radius 2 is 1.83 bits per heavy atom. The highest BCUT2D eigenvalue weighted by Gasteiger charge is 2.13. The van der Waals surface area contributed by atoms with Crippen molar-refractivity contribution in [3.8, 4) is 11.5 Å². The zero-order valence-corrected chi connectivity index (χ0v) is 14.1. The number of aromatic hydroxyl groups is 2. The van der Waals surface area contributed by atoms with Gasteiger partial charge in [-0.3, -0.25) is 0 Å². The fraction of sp³-hybridized carbons (Fsp3) is 0.235. The number of phenols is 2. The molecule has 2 aromatic rings. The summed E-state index contributed by atoms with van der Waals surface area (Å²) in [7, 11) is -3.65. The fourth-order valence-electron chi connectivity index (χ4n) is 2.20. The summed E-state index contributed by atoms with van der Waals surface area (Å²) in [4.78, 5) is 2.22. The topological polar surface area (TPSA) is 99.0 Å². The number of nitrogens with one attached hydrogen (secondary N) is 1. The quantitative estimate of drug-likeness (QED) is 0.529. The van der Waals surface area contributed by atoms with E-state index in [4.69, 9.17) is 0 Å². The molecule has 0 saturated heterocycles. The molecule has 3 N–H and O–H groups in total. The Balaban J connectivity index is 2.21. The molecule has 0 aliphatic rings. The van der Waals surface area contributed by atoms with Crippen LogP contribution in [0.3, 0.4) is 0 Å². The Hall–Kier alpha value is -2.54. The summed E-state index contributed by atoms with van der Waals surface area (Å²) in [5.41, 5.74) is 1.45. The highest BCUT2D eigenvalue weighted by molar-refractivity contribution is 7.88. The molecule has 0 aliphatic heterocycles. The normalized spacial score (nSPS) is 12.1. The predicted molar refractivity (Wildman–Crippen MR) is 93.4 cm³/mol. The van der Waals surface area contributed by atoms with Crippen molar-refractivity contribution in [3.63, 3.8) is 0 Å². The van der Waals surface area contributed by atoms with Crippen LogP contribution in [0.4, 0.5) is 0 Å². The third kappa shape index (κ3) is 4.99. The molecule has 2 rings (SSSR count). The molecule has 0 spiro atoms. The molecule has 0 atom stereocenters. The molecule has 24 heavy (non-hydrogen) atoms. The van der Waals surface area contributed by atoms with Crippen LogP contribution < -0.4 is 4.83 Å². The van der Waals surface area contributed by atoms with E-state index in [0.717, 1.165) is 6.42 Å². The van der Waals surface area contributed by atoms with E-state index in [1.807, 2.05) is 13.0 Å². The van der Waals surface area contributed by atoms with Crippen LogP contribution in [0.5, 0.6) is 11.5 Å². The zero-order valence-electron chi connectivity index (χ0n) is 13.3. The van der Waals surface area contributed by atoms with Gasteiger partial charge in [-0.05, 0) is 24.1 Å². The van der Waals surface area contributed by atoms with E-state index >= 15 is 0 Å². The van der Waals surface area contributed by atoms with Crippen LogP contribution in [0.15, 0.2) is 53.6 Å². The lowest BCUT2D eigenvalue weighted by atomic mass is 10.0. The monoisotopic (exact) mass is 348 g/mol. The minimum Gasteiger partial charge on any atom is -0.508 e. The van der Waals surface area contributed by atoms with Crippen molar-refractivity contribution in [2.75, 3.05) is 0 Å². The van der Waals surface area contributed by atoms with Crippen LogP contribution in [-0.2, 0) is 15.8 Å². The average Bonchev–Trinajstić information content (AvgIpc) is 2.52. The first-order valence-electron chi connectivity index (χ1n) is 7.53. The van der Waals surface area contributed by atoms with Crippen LogP contribution in [0.1, 0.15) is 30.9 Å². The van der Waals surface area contributed by atoms with Crippen molar-refractivity contribution in [1.82, 2.24) is 4.83 Å². The molecule has 2 aromatic carbocycles. The molecule has 0 unspecified atom stereocenters. The Morgan fingerprint density at radius 3 is 2.46 bits per heavy atom. The van der Waals surface area contributed by atoms with E-state index in [1.165, 1.54) is 18.2 Å². The second-order valence-electron chi connectivity index (χ2n) is 5.35. The Kier molecular flexibility index (Phi) is 5.81. The molecule has 128 valence electrons. The van der Waals surface area contributed by atoms with Crippen molar-refractivity contribution in [2.24, 2.45) is 5.10 Å². The summed E-state index contributed by atoms with van der Waals surface area (Å²) in [5.74, 6) is -0.403. The molecule has 0 amide bonds. The molecule has 0 bridgehead atoms. The minimum atomic E-state index is -3.65. The van der Waals surface area contributed by atoms with Crippen LogP contribution in [0.25, 0.3) is 0 Å². The smallest absolute Gasteiger partial charge is 0.251 e. The van der Waals surface area contributed by atoms with Gasteiger partial charge >= 0.3 is 0 Å². The molecule has 7 heteroatoms. The average molecular weight is 348 g/mol. The van der Waals surface area contributed by atoms with E-state index in [2.05, 4.69) is 9.93 Å². The molecule has 6 nitrogen and oxygen atoms in total. The first kappa shape index (κ1) is 17.8. The van der Waals surface area contributed by atoms with E-state index < -0.39 is 10.0 Å². The van der Waals surface area contributed by atoms with Crippen molar-refractivity contribution in [2.45, 2.75) is 25.5 Å². The maximum atomic E-state index is 12.2. The number of hydrogen-bond acceptors (Lipinski definition) is 5. The number of sulfonamides is 1. The van der Waals surface area contributed by atoms with Gasteiger partial charge in [-0.2, -0.15) is 5.10 Å². The second-order valence-corrected chi connectivity index (χ2v) is 7.05. The number of nitrogens with zero attached hydrogens (tertiary/aromatic N) is 1. The van der Waals surface area contributed by atoms with Gasteiger partial charge in [0.05, 0.1) is 11.5 Å². The molecular formula is C17H20N2O4S. The largest absolute Gasteiger partial charge is 0.508 e. The van der Waals surface area contributed by atoms with Gasteiger partial charge in [0.15, 0.2) is 0 Å². The number of hydrazone groups is 1. The SMILES string of the molecule is CCC/C(=N/NS(=O)(=O)Cc1ccccc1)c1ccc(O)cc1O. The maximum Gasteiger partial charge on any atom is 0.251 e. The molecule has 0 saturated carbocycles. The van der Waals surface area contributed by atoms with Crippen molar-refractivity contribution < 1.29 is 18.6 Å². The Morgan fingerprint density at radius 1 is 1.12 bits per heavy atom. The third-order valence-electron chi connectivity index (χ3n) is 3.30. The standard InChI is InChI=1S/C17H20N2O4S/c1-2-6-16(15-10-9-14(20)11-17(15)21)18-19-24(22,23)12-13-7-4-3-5-8-13/h3-5,7-11,19-21H,2,6,12H2,1H3/b18-16-. The van der Waals surface area contributed by atoms with Crippen LogP contribution in [0, 0.1) is 0 Å². The summed E-state index contributed by atoms with van der Waals surface area (Å²) in [6.07, 6.45) is 1.20. The first-order valence-corrected chi connectivity index (χ1v) is 9.19. The number of phenolic OH excluding ortho intramolecular Hbond substituents is 2. The zero-order chi connectivity index (χ0) is 17.6. The number of hydrogen-bond donors (Lipinski definition) is 3.